The minimum absolute atomic E-state index is 0.0498. The second-order valence-corrected chi connectivity index (χ2v) is 16.4. The highest BCUT2D eigenvalue weighted by Crippen LogP contribution is 2.60. The van der Waals surface area contributed by atoms with Crippen LogP contribution in [0.5, 0.6) is 0 Å². The number of nitrogens with zero attached hydrogens (tertiary/aromatic N) is 3. The zero-order valence-corrected chi connectivity index (χ0v) is 29.5. The van der Waals surface area contributed by atoms with E-state index in [-0.39, 0.29) is 35.1 Å². The summed E-state index contributed by atoms with van der Waals surface area (Å²) in [5.41, 5.74) is 4.12. The van der Waals surface area contributed by atoms with Gasteiger partial charge in [-0.05, 0) is 126 Å². The van der Waals surface area contributed by atoms with Gasteiger partial charge in [-0.3, -0.25) is 14.5 Å². The van der Waals surface area contributed by atoms with Crippen molar-refractivity contribution in [1.82, 2.24) is 9.88 Å². The molecule has 9 heteroatoms. The number of unbranched alkanes of at least 4 members (excludes halogenated alkanes) is 1. The molecule has 3 fully saturated rings. The lowest BCUT2D eigenvalue weighted by Gasteiger charge is -2.40. The van der Waals surface area contributed by atoms with Crippen molar-refractivity contribution < 1.29 is 24.2 Å². The number of aromatic nitrogens is 1. The molecule has 48 heavy (non-hydrogen) atoms. The van der Waals surface area contributed by atoms with E-state index in [1.807, 2.05) is 30.1 Å². The van der Waals surface area contributed by atoms with E-state index in [2.05, 4.69) is 50.0 Å². The Hall–Kier alpha value is -3.01. The fraction of sp³-hybridized carbons (Fsp3) is 0.667. The first kappa shape index (κ1) is 33.5. The van der Waals surface area contributed by atoms with Crippen LogP contribution in [-0.2, 0) is 37.3 Å². The van der Waals surface area contributed by atoms with Crippen molar-refractivity contribution in [1.29, 1.82) is 0 Å². The van der Waals surface area contributed by atoms with Gasteiger partial charge in [-0.1, -0.05) is 32.0 Å². The highest BCUT2D eigenvalue weighted by molar-refractivity contribution is 6.11. The molecule has 2 saturated carbocycles. The summed E-state index contributed by atoms with van der Waals surface area (Å²) in [6.45, 7) is 11.0. The summed E-state index contributed by atoms with van der Waals surface area (Å²) in [6, 6.07) is 9.59. The number of carboxylic acid groups (broad SMARTS) is 1. The Morgan fingerprint density at radius 3 is 2.73 bits per heavy atom. The third-order valence-electron chi connectivity index (χ3n) is 12.0. The quantitative estimate of drug-likeness (QED) is 0.266. The number of benzene rings is 1. The van der Waals surface area contributed by atoms with Crippen molar-refractivity contribution >= 4 is 23.4 Å². The minimum atomic E-state index is -0.868. The smallest absolute Gasteiger partial charge is 0.325 e. The second kappa shape index (κ2) is 12.7. The van der Waals surface area contributed by atoms with E-state index in [1.54, 1.807) is 0 Å². The van der Waals surface area contributed by atoms with Crippen LogP contribution < -0.4 is 10.2 Å². The fourth-order valence-electron chi connectivity index (χ4n) is 9.20. The molecule has 1 aromatic carbocycles. The highest BCUT2D eigenvalue weighted by atomic mass is 16.5. The molecule has 5 aliphatic rings. The van der Waals surface area contributed by atoms with Gasteiger partial charge in [-0.25, -0.2) is 4.98 Å². The van der Waals surface area contributed by atoms with Crippen molar-refractivity contribution in [3.63, 3.8) is 0 Å². The van der Waals surface area contributed by atoms with Crippen LogP contribution in [0, 0.1) is 5.41 Å². The zero-order chi connectivity index (χ0) is 33.8. The number of aliphatic carboxylic acids is 1. The number of anilines is 2. The lowest BCUT2D eigenvalue weighted by molar-refractivity contribution is -0.144. The van der Waals surface area contributed by atoms with Gasteiger partial charge in [0.2, 0.25) is 5.91 Å². The van der Waals surface area contributed by atoms with Gasteiger partial charge in [-0.2, -0.15) is 0 Å². The third-order valence-corrected chi connectivity index (χ3v) is 12.0. The average molecular weight is 659 g/mol. The molecular formula is C39H54N4O5. The van der Waals surface area contributed by atoms with Crippen molar-refractivity contribution in [3.8, 4) is 0 Å². The Labute approximate surface area is 285 Å². The molecule has 1 aromatic heterocycles. The van der Waals surface area contributed by atoms with Crippen LogP contribution in [0.3, 0.4) is 0 Å². The molecule has 2 N–H and O–H groups in total. The van der Waals surface area contributed by atoms with E-state index in [9.17, 15) is 14.7 Å². The Balaban J connectivity index is 1.03. The first-order chi connectivity index (χ1) is 22.9. The molecule has 1 amide bonds. The number of carboxylic acids is 1. The van der Waals surface area contributed by atoms with Gasteiger partial charge >= 0.3 is 5.97 Å². The van der Waals surface area contributed by atoms with Gasteiger partial charge in [0.25, 0.3) is 0 Å². The number of likely N-dealkylation sites (N-methyl/N-ethyl adjacent to an activating group) is 1. The van der Waals surface area contributed by atoms with Gasteiger partial charge in [-0.15, -0.1) is 0 Å². The number of hydrogen-bond donors (Lipinski definition) is 2. The van der Waals surface area contributed by atoms with E-state index in [1.165, 1.54) is 12.0 Å². The normalized spacial score (nSPS) is 27.1. The van der Waals surface area contributed by atoms with Gasteiger partial charge in [0.15, 0.2) is 0 Å². The molecule has 260 valence electrons. The monoisotopic (exact) mass is 658 g/mol. The summed E-state index contributed by atoms with van der Waals surface area (Å²) in [5.74, 6) is 0.333. The maximum absolute atomic E-state index is 14.1. The van der Waals surface area contributed by atoms with Crippen LogP contribution in [0.1, 0.15) is 114 Å². The molecular weight excluding hydrogens is 604 g/mol. The maximum Gasteiger partial charge on any atom is 0.325 e. The lowest BCUT2D eigenvalue weighted by atomic mass is 9.87. The summed E-state index contributed by atoms with van der Waals surface area (Å²) in [5, 5.41) is 14.2. The van der Waals surface area contributed by atoms with E-state index < -0.39 is 17.4 Å². The molecule has 0 bridgehead atoms. The molecule has 4 atom stereocenters. The van der Waals surface area contributed by atoms with E-state index >= 15 is 0 Å². The highest BCUT2D eigenvalue weighted by Gasteiger charge is 2.62. The summed E-state index contributed by atoms with van der Waals surface area (Å²) in [4.78, 5) is 36.2. The zero-order valence-electron chi connectivity index (χ0n) is 29.5. The molecule has 0 unspecified atom stereocenters. The summed E-state index contributed by atoms with van der Waals surface area (Å²) in [6.07, 6.45) is 9.99. The molecule has 2 aromatic rings. The number of aryl methyl sites for hydroxylation is 2. The predicted octanol–water partition coefficient (Wildman–Crippen LogP) is 6.43. The summed E-state index contributed by atoms with van der Waals surface area (Å²) < 4.78 is 12.5. The summed E-state index contributed by atoms with van der Waals surface area (Å²) >= 11 is 0. The number of hydrogen-bond acceptors (Lipinski definition) is 7. The number of amides is 1. The van der Waals surface area contributed by atoms with Crippen molar-refractivity contribution in [2.75, 3.05) is 37.0 Å². The molecule has 0 radical (unpaired) electrons. The number of pyridine rings is 1. The average Bonchev–Trinajstić information content (AvgIpc) is 3.72. The SMILES string of the molecule is CN([C@@H]1C[C@@H](OCCCCc2ccc3c(n2)NCCC3)C(C)(C)C1)[C@@H](C(=O)O)c1cccc2c1C1(CC1)C(=O)N2[C@@H]1CCOC(C)(C)C1. The van der Waals surface area contributed by atoms with Gasteiger partial charge in [0.1, 0.15) is 11.9 Å². The largest absolute Gasteiger partial charge is 0.480 e. The second-order valence-electron chi connectivity index (χ2n) is 16.4. The van der Waals surface area contributed by atoms with Crippen molar-refractivity contribution in [2.45, 2.75) is 134 Å². The Bertz CT molecular complexity index is 1550. The maximum atomic E-state index is 14.1. The third kappa shape index (κ3) is 6.15. The molecule has 9 nitrogen and oxygen atoms in total. The number of carbonyl (C=O) groups excluding carboxylic acids is 1. The van der Waals surface area contributed by atoms with Crippen molar-refractivity contribution in [3.05, 3.63) is 52.7 Å². The van der Waals surface area contributed by atoms with Crippen LogP contribution in [0.2, 0.25) is 0 Å². The van der Waals surface area contributed by atoms with Crippen LogP contribution in [0.4, 0.5) is 11.5 Å². The Kier molecular flexibility index (Phi) is 8.86. The number of rotatable bonds is 11. The van der Waals surface area contributed by atoms with Crippen LogP contribution in [0.25, 0.3) is 0 Å². The van der Waals surface area contributed by atoms with Gasteiger partial charge < -0.3 is 24.8 Å². The molecule has 3 aliphatic heterocycles. The van der Waals surface area contributed by atoms with Crippen molar-refractivity contribution in [2.24, 2.45) is 5.41 Å². The number of carbonyl (C=O) groups is 2. The Morgan fingerprint density at radius 1 is 1.17 bits per heavy atom. The fourth-order valence-corrected chi connectivity index (χ4v) is 9.20. The molecule has 1 saturated heterocycles. The van der Waals surface area contributed by atoms with E-state index in [0.717, 1.165) is 99.1 Å². The van der Waals surface area contributed by atoms with Gasteiger partial charge in [0, 0.05) is 43.2 Å². The van der Waals surface area contributed by atoms with E-state index in [0.29, 0.717) is 13.2 Å². The van der Waals surface area contributed by atoms with Gasteiger partial charge in [0.05, 0.1) is 17.1 Å². The number of ether oxygens (including phenoxy) is 2. The summed E-state index contributed by atoms with van der Waals surface area (Å²) in [7, 11) is 1.96. The first-order valence-electron chi connectivity index (χ1n) is 18.3. The standard InChI is InChI=1S/C39H54N4O5/c1-37(2)23-28(22-31(37)47-20-7-6-11-26-15-14-25-10-9-19-40-34(25)41-26)42(5)33(35(44)45)29-12-8-13-30-32(29)39(17-18-39)36(46)43(30)27-16-21-48-38(3,4)24-27/h8,12-15,27-28,31,33H,6-7,9-11,16-24H2,1-5H3,(H,40,41)(H,44,45)/t27-,28-,31-,33-/m1/s1. The van der Waals surface area contributed by atoms with Crippen LogP contribution in [0.15, 0.2) is 30.3 Å². The topological polar surface area (TPSA) is 104 Å². The predicted molar refractivity (Wildman–Crippen MR) is 187 cm³/mol. The molecule has 7 rings (SSSR count). The molecule has 1 spiro atoms. The lowest BCUT2D eigenvalue weighted by Crippen LogP contribution is -2.48. The van der Waals surface area contributed by atoms with Crippen LogP contribution >= 0.6 is 0 Å². The van der Waals surface area contributed by atoms with E-state index in [4.69, 9.17) is 14.5 Å². The molecule has 4 heterocycles. The minimum Gasteiger partial charge on any atom is -0.480 e. The Morgan fingerprint density at radius 2 is 1.98 bits per heavy atom. The number of fused-ring (bicyclic) bond motifs is 3. The number of nitrogens with one attached hydrogen (secondary N) is 1. The van der Waals surface area contributed by atoms with Crippen LogP contribution in [-0.4, -0.2) is 77.5 Å². The molecule has 2 aliphatic carbocycles. The first-order valence-corrected chi connectivity index (χ1v) is 18.3.